The highest BCUT2D eigenvalue weighted by Crippen LogP contribution is 2.59. The van der Waals surface area contributed by atoms with Crippen LogP contribution in [0, 0.1) is 0 Å². The largest absolute Gasteiger partial charge is 0.256 e. The summed E-state index contributed by atoms with van der Waals surface area (Å²) >= 11 is 0. The van der Waals surface area contributed by atoms with Gasteiger partial charge in [0.25, 0.3) is 0 Å². The zero-order chi connectivity index (χ0) is 27.4. The standard InChI is InChI=1S/C38H41N/c1-35(2,3)28-15-13-24(14-16-28)30-22-26-17-20-39-34(33(26)38(30)18-8-9-19-38)27-21-25-11-10-12-29-32(25)31(23-27)37(6,7)36(29,4)5/h10-17,20-23H,8-9,18-19H2,1-7H3. The van der Waals surface area contributed by atoms with Gasteiger partial charge in [0.15, 0.2) is 0 Å². The maximum atomic E-state index is 5.16. The molecule has 1 heteroatoms. The van der Waals surface area contributed by atoms with Crippen molar-refractivity contribution in [2.45, 2.75) is 95.8 Å². The molecule has 0 radical (unpaired) electrons. The fourth-order valence-electron chi connectivity index (χ4n) is 8.01. The Labute approximate surface area is 234 Å². The molecule has 39 heavy (non-hydrogen) atoms. The Balaban J connectivity index is 1.41. The van der Waals surface area contributed by atoms with Gasteiger partial charge in [0.2, 0.25) is 0 Å². The highest BCUT2D eigenvalue weighted by atomic mass is 14.7. The summed E-state index contributed by atoms with van der Waals surface area (Å²) in [5, 5.41) is 2.81. The van der Waals surface area contributed by atoms with Gasteiger partial charge < -0.3 is 0 Å². The number of benzene rings is 3. The highest BCUT2D eigenvalue weighted by molar-refractivity contribution is 6.00. The predicted molar refractivity (Wildman–Crippen MR) is 166 cm³/mol. The monoisotopic (exact) mass is 511 g/mol. The summed E-state index contributed by atoms with van der Waals surface area (Å²) in [6.45, 7) is 16.6. The zero-order valence-corrected chi connectivity index (χ0v) is 24.7. The Hall–Kier alpha value is -3.19. The van der Waals surface area contributed by atoms with Crippen LogP contribution in [0.15, 0.2) is 66.9 Å². The van der Waals surface area contributed by atoms with E-state index in [-0.39, 0.29) is 21.7 Å². The second kappa shape index (κ2) is 7.94. The molecular weight excluding hydrogens is 470 g/mol. The van der Waals surface area contributed by atoms with Crippen molar-refractivity contribution < 1.29 is 0 Å². The van der Waals surface area contributed by atoms with Crippen LogP contribution in [0.2, 0.25) is 0 Å². The molecule has 1 saturated carbocycles. The summed E-state index contributed by atoms with van der Waals surface area (Å²) in [7, 11) is 0. The number of pyridine rings is 1. The van der Waals surface area contributed by atoms with Gasteiger partial charge >= 0.3 is 0 Å². The quantitative estimate of drug-likeness (QED) is 0.261. The van der Waals surface area contributed by atoms with Crippen molar-refractivity contribution in [1.29, 1.82) is 0 Å². The van der Waals surface area contributed by atoms with Gasteiger partial charge in [-0.15, -0.1) is 0 Å². The summed E-state index contributed by atoms with van der Waals surface area (Å²) < 4.78 is 0. The lowest BCUT2D eigenvalue weighted by molar-refractivity contribution is 0.322. The molecule has 0 atom stereocenters. The van der Waals surface area contributed by atoms with E-state index < -0.39 is 0 Å². The van der Waals surface area contributed by atoms with Gasteiger partial charge in [-0.3, -0.25) is 4.98 Å². The third kappa shape index (κ3) is 3.28. The summed E-state index contributed by atoms with van der Waals surface area (Å²) in [5.74, 6) is 0. The minimum absolute atomic E-state index is 0.0478. The van der Waals surface area contributed by atoms with Crippen LogP contribution in [0.3, 0.4) is 0 Å². The van der Waals surface area contributed by atoms with Crippen LogP contribution in [-0.2, 0) is 21.7 Å². The van der Waals surface area contributed by atoms with E-state index in [1.807, 2.05) is 6.20 Å². The Morgan fingerprint density at radius 3 is 2.13 bits per heavy atom. The molecule has 0 saturated heterocycles. The van der Waals surface area contributed by atoms with Crippen molar-refractivity contribution in [3.8, 4) is 11.3 Å². The first-order valence-electron chi connectivity index (χ1n) is 14.9. The van der Waals surface area contributed by atoms with Crippen LogP contribution in [0.1, 0.15) is 108 Å². The number of hydrogen-bond donors (Lipinski definition) is 0. The van der Waals surface area contributed by atoms with Gasteiger partial charge in [0, 0.05) is 17.2 Å². The topological polar surface area (TPSA) is 12.9 Å². The van der Waals surface area contributed by atoms with Crippen LogP contribution in [-0.4, -0.2) is 4.98 Å². The van der Waals surface area contributed by atoms with Crippen LogP contribution >= 0.6 is 0 Å². The molecule has 0 aliphatic heterocycles. The molecule has 3 aliphatic carbocycles. The maximum Gasteiger partial charge on any atom is 0.0749 e. The first-order chi connectivity index (χ1) is 18.4. The number of allylic oxidation sites excluding steroid dienone is 1. The van der Waals surface area contributed by atoms with Crippen LogP contribution in [0.5, 0.6) is 0 Å². The van der Waals surface area contributed by atoms with Crippen molar-refractivity contribution in [3.63, 3.8) is 0 Å². The minimum Gasteiger partial charge on any atom is -0.256 e. The molecule has 3 aromatic carbocycles. The number of rotatable bonds is 2. The minimum atomic E-state index is 0.0478. The molecule has 1 aromatic heterocycles. The summed E-state index contributed by atoms with van der Waals surface area (Å²) in [6, 6.07) is 23.5. The highest BCUT2D eigenvalue weighted by Gasteiger charge is 2.48. The maximum absolute atomic E-state index is 5.16. The van der Waals surface area contributed by atoms with Gasteiger partial charge in [0.1, 0.15) is 0 Å². The number of aromatic nitrogens is 1. The van der Waals surface area contributed by atoms with Crippen LogP contribution in [0.4, 0.5) is 0 Å². The van der Waals surface area contributed by atoms with Gasteiger partial charge in [-0.05, 0) is 103 Å². The molecule has 0 unspecified atom stereocenters. The van der Waals surface area contributed by atoms with E-state index in [1.165, 1.54) is 86.7 Å². The SMILES string of the molecule is CC(C)(C)c1ccc(C2=Cc3ccnc(-c4cc5c6c(cccc6c4)C(C)(C)C5(C)C)c3C23CCCC3)cc1. The molecule has 0 bridgehead atoms. The lowest BCUT2D eigenvalue weighted by Crippen LogP contribution is -2.35. The molecule has 198 valence electrons. The summed E-state index contributed by atoms with van der Waals surface area (Å²) in [6.07, 6.45) is 9.48. The molecule has 7 rings (SSSR count). The smallest absolute Gasteiger partial charge is 0.0749 e. The van der Waals surface area contributed by atoms with Gasteiger partial charge in [-0.25, -0.2) is 0 Å². The normalized spacial score (nSPS) is 20.0. The van der Waals surface area contributed by atoms with E-state index in [9.17, 15) is 0 Å². The van der Waals surface area contributed by atoms with Gasteiger partial charge in [-0.1, -0.05) is 104 Å². The van der Waals surface area contributed by atoms with Crippen molar-refractivity contribution in [2.24, 2.45) is 0 Å². The second-order valence-electron chi connectivity index (χ2n) is 14.5. The fourth-order valence-corrected chi connectivity index (χ4v) is 8.01. The van der Waals surface area contributed by atoms with Crippen molar-refractivity contribution in [2.75, 3.05) is 0 Å². The number of fused-ring (bicyclic) bond motifs is 2. The lowest BCUT2D eigenvalue weighted by Gasteiger charge is -2.37. The fraction of sp³-hybridized carbons (Fsp3) is 0.395. The van der Waals surface area contributed by atoms with E-state index in [0.29, 0.717) is 0 Å². The van der Waals surface area contributed by atoms with Gasteiger partial charge in [-0.2, -0.15) is 0 Å². The molecule has 0 amide bonds. The molecular formula is C38H41N. The Morgan fingerprint density at radius 2 is 1.44 bits per heavy atom. The Kier molecular flexibility index (Phi) is 5.05. The number of hydrogen-bond acceptors (Lipinski definition) is 1. The van der Waals surface area contributed by atoms with Crippen molar-refractivity contribution >= 4 is 22.4 Å². The zero-order valence-electron chi connectivity index (χ0n) is 24.7. The molecule has 3 aliphatic rings. The average Bonchev–Trinajstić information content (AvgIpc) is 3.56. The van der Waals surface area contributed by atoms with Crippen molar-refractivity contribution in [1.82, 2.24) is 4.98 Å². The van der Waals surface area contributed by atoms with Gasteiger partial charge in [0.05, 0.1) is 5.69 Å². The first kappa shape index (κ1) is 24.8. The average molecular weight is 512 g/mol. The third-order valence-electron chi connectivity index (χ3n) is 11.0. The molecule has 1 fully saturated rings. The summed E-state index contributed by atoms with van der Waals surface area (Å²) in [4.78, 5) is 5.16. The predicted octanol–water partition coefficient (Wildman–Crippen LogP) is 10.1. The second-order valence-corrected chi connectivity index (χ2v) is 14.5. The Bertz CT molecular complexity index is 1660. The molecule has 4 aromatic rings. The summed E-state index contributed by atoms with van der Waals surface area (Å²) in [5.41, 5.74) is 12.9. The molecule has 1 heterocycles. The van der Waals surface area contributed by atoms with E-state index in [0.717, 1.165) is 0 Å². The van der Waals surface area contributed by atoms with E-state index in [1.54, 1.807) is 0 Å². The van der Waals surface area contributed by atoms with Crippen LogP contribution < -0.4 is 0 Å². The van der Waals surface area contributed by atoms with Crippen LogP contribution in [0.25, 0.3) is 33.7 Å². The molecule has 0 N–H and O–H groups in total. The number of nitrogens with zero attached hydrogens (tertiary/aromatic N) is 1. The lowest BCUT2D eigenvalue weighted by atomic mass is 9.66. The third-order valence-corrected chi connectivity index (χ3v) is 11.0. The van der Waals surface area contributed by atoms with Crippen molar-refractivity contribution in [3.05, 3.63) is 100 Å². The van der Waals surface area contributed by atoms with E-state index >= 15 is 0 Å². The van der Waals surface area contributed by atoms with E-state index in [4.69, 9.17) is 4.98 Å². The molecule has 1 spiro atoms. The molecule has 1 nitrogen and oxygen atoms in total. The van der Waals surface area contributed by atoms with E-state index in [2.05, 4.69) is 115 Å². The first-order valence-corrected chi connectivity index (χ1v) is 14.9. The Morgan fingerprint density at radius 1 is 0.744 bits per heavy atom.